The van der Waals surface area contributed by atoms with Gasteiger partial charge >= 0.3 is 0 Å². The van der Waals surface area contributed by atoms with Crippen LogP contribution in [0.3, 0.4) is 0 Å². The topological polar surface area (TPSA) is 56.7 Å². The van der Waals surface area contributed by atoms with Gasteiger partial charge in [0.1, 0.15) is 11.6 Å². The van der Waals surface area contributed by atoms with Crippen molar-refractivity contribution < 1.29 is 4.39 Å². The van der Waals surface area contributed by atoms with Gasteiger partial charge in [0.15, 0.2) is 5.16 Å². The van der Waals surface area contributed by atoms with Crippen molar-refractivity contribution in [1.29, 1.82) is 0 Å². The molecule has 2 aromatic rings. The Hall–Kier alpha value is -1.40. The lowest BCUT2D eigenvalue weighted by molar-refractivity contribution is 0.615. The summed E-state index contributed by atoms with van der Waals surface area (Å²) < 4.78 is 15.4. The lowest BCUT2D eigenvalue weighted by Crippen LogP contribution is -2.12. The molecule has 18 heavy (non-hydrogen) atoms. The number of hydrogen-bond acceptors (Lipinski definition) is 4. The van der Waals surface area contributed by atoms with E-state index >= 15 is 0 Å². The first-order valence-corrected chi connectivity index (χ1v) is 6.67. The van der Waals surface area contributed by atoms with Gasteiger partial charge in [-0.3, -0.25) is 0 Å². The largest absolute Gasteiger partial charge is 0.329 e. The number of aromatic nitrogens is 3. The normalized spacial score (nSPS) is 10.8. The Balaban J connectivity index is 2.09. The Labute approximate surface area is 109 Å². The van der Waals surface area contributed by atoms with Crippen LogP contribution >= 0.6 is 11.8 Å². The zero-order valence-corrected chi connectivity index (χ0v) is 11.0. The van der Waals surface area contributed by atoms with E-state index in [1.165, 1.54) is 17.8 Å². The zero-order valence-electron chi connectivity index (χ0n) is 10.1. The van der Waals surface area contributed by atoms with Gasteiger partial charge in [0.25, 0.3) is 0 Å². The second-order valence-electron chi connectivity index (χ2n) is 3.85. The number of nitrogens with two attached hydrogens (primary N) is 1. The average molecular weight is 266 g/mol. The van der Waals surface area contributed by atoms with Crippen LogP contribution < -0.4 is 5.73 Å². The summed E-state index contributed by atoms with van der Waals surface area (Å²) in [5.74, 6) is 1.18. The third-order valence-electron chi connectivity index (χ3n) is 2.57. The molecule has 1 heterocycles. The van der Waals surface area contributed by atoms with Gasteiger partial charge in [0.2, 0.25) is 0 Å². The van der Waals surface area contributed by atoms with Crippen molar-refractivity contribution in [2.45, 2.75) is 24.4 Å². The summed E-state index contributed by atoms with van der Waals surface area (Å²) in [6.45, 7) is 3.10. The van der Waals surface area contributed by atoms with Crippen molar-refractivity contribution >= 4 is 11.8 Å². The molecule has 0 unspecified atom stereocenters. The Kier molecular flexibility index (Phi) is 4.33. The van der Waals surface area contributed by atoms with Crippen molar-refractivity contribution in [3.63, 3.8) is 0 Å². The number of rotatable bonds is 5. The molecule has 96 valence electrons. The first-order chi connectivity index (χ1) is 8.72. The van der Waals surface area contributed by atoms with E-state index in [0.29, 0.717) is 24.4 Å². The zero-order chi connectivity index (χ0) is 13.0. The summed E-state index contributed by atoms with van der Waals surface area (Å²) >= 11 is 1.47. The third-order valence-corrected chi connectivity index (χ3v) is 3.58. The Morgan fingerprint density at radius 2 is 2.11 bits per heavy atom. The van der Waals surface area contributed by atoms with E-state index in [-0.39, 0.29) is 5.82 Å². The molecule has 0 saturated heterocycles. The van der Waals surface area contributed by atoms with Crippen LogP contribution in [0.1, 0.15) is 11.4 Å². The van der Waals surface area contributed by atoms with E-state index < -0.39 is 0 Å². The maximum atomic E-state index is 13.5. The van der Waals surface area contributed by atoms with Gasteiger partial charge in [0, 0.05) is 18.8 Å². The molecule has 0 amide bonds. The van der Waals surface area contributed by atoms with Gasteiger partial charge in [0.05, 0.1) is 0 Å². The highest BCUT2D eigenvalue weighted by molar-refractivity contribution is 7.98. The molecular weight excluding hydrogens is 251 g/mol. The second kappa shape index (κ2) is 5.97. The van der Waals surface area contributed by atoms with Crippen molar-refractivity contribution in [3.05, 3.63) is 41.5 Å². The summed E-state index contributed by atoms with van der Waals surface area (Å²) in [5.41, 5.74) is 6.21. The first-order valence-electron chi connectivity index (χ1n) is 5.68. The fourth-order valence-corrected chi connectivity index (χ4v) is 2.61. The average Bonchev–Trinajstić information content (AvgIpc) is 2.71. The summed E-state index contributed by atoms with van der Waals surface area (Å²) in [6, 6.07) is 6.75. The molecule has 0 atom stereocenters. The molecule has 6 heteroatoms. The number of nitrogens with zero attached hydrogens (tertiary/aromatic N) is 3. The fourth-order valence-electron chi connectivity index (χ4n) is 1.61. The van der Waals surface area contributed by atoms with Gasteiger partial charge in [-0.1, -0.05) is 30.0 Å². The molecule has 0 aliphatic carbocycles. The van der Waals surface area contributed by atoms with Crippen LogP contribution in [0, 0.1) is 12.7 Å². The highest BCUT2D eigenvalue weighted by atomic mass is 32.2. The summed E-state index contributed by atoms with van der Waals surface area (Å²) in [7, 11) is 0. The second-order valence-corrected chi connectivity index (χ2v) is 4.79. The molecule has 0 saturated carbocycles. The van der Waals surface area contributed by atoms with Crippen LogP contribution in [0.4, 0.5) is 4.39 Å². The summed E-state index contributed by atoms with van der Waals surface area (Å²) in [5, 5.41) is 8.87. The summed E-state index contributed by atoms with van der Waals surface area (Å²) in [4.78, 5) is 0. The van der Waals surface area contributed by atoms with E-state index in [9.17, 15) is 4.39 Å². The smallest absolute Gasteiger partial charge is 0.191 e. The van der Waals surface area contributed by atoms with E-state index in [0.717, 1.165) is 11.0 Å². The number of hydrogen-bond donors (Lipinski definition) is 1. The number of thioether (sulfide) groups is 1. The van der Waals surface area contributed by atoms with Crippen molar-refractivity contribution in [2.24, 2.45) is 5.73 Å². The molecule has 0 fully saturated rings. The van der Waals surface area contributed by atoms with E-state index in [1.807, 2.05) is 17.6 Å². The van der Waals surface area contributed by atoms with Crippen molar-refractivity contribution in [3.8, 4) is 0 Å². The minimum Gasteiger partial charge on any atom is -0.329 e. The minimum absolute atomic E-state index is 0.188. The number of benzene rings is 1. The van der Waals surface area contributed by atoms with Gasteiger partial charge < -0.3 is 10.3 Å². The van der Waals surface area contributed by atoms with E-state index in [4.69, 9.17) is 5.73 Å². The maximum absolute atomic E-state index is 13.5. The van der Waals surface area contributed by atoms with Crippen molar-refractivity contribution in [1.82, 2.24) is 14.8 Å². The lowest BCUT2D eigenvalue weighted by atomic mass is 10.2. The predicted octanol–water partition coefficient (Wildman–Crippen LogP) is 1.98. The molecule has 0 radical (unpaired) electrons. The quantitative estimate of drug-likeness (QED) is 0.841. The van der Waals surface area contributed by atoms with Crippen LogP contribution in [-0.2, 0) is 12.3 Å². The molecule has 0 aliphatic heterocycles. The van der Waals surface area contributed by atoms with E-state index in [2.05, 4.69) is 10.2 Å². The highest BCUT2D eigenvalue weighted by Crippen LogP contribution is 2.22. The molecule has 0 aliphatic rings. The van der Waals surface area contributed by atoms with Gasteiger partial charge in [-0.05, 0) is 18.6 Å². The molecule has 1 aromatic heterocycles. The monoisotopic (exact) mass is 266 g/mol. The van der Waals surface area contributed by atoms with Gasteiger partial charge in [-0.25, -0.2) is 4.39 Å². The molecule has 4 nitrogen and oxygen atoms in total. The minimum atomic E-state index is -0.188. The molecular formula is C12H15FN4S. The molecule has 1 aromatic carbocycles. The number of halogens is 1. The van der Waals surface area contributed by atoms with E-state index in [1.54, 1.807) is 12.1 Å². The molecule has 0 bridgehead atoms. The van der Waals surface area contributed by atoms with Crippen LogP contribution in [0.25, 0.3) is 0 Å². The predicted molar refractivity (Wildman–Crippen MR) is 69.8 cm³/mol. The van der Waals surface area contributed by atoms with Crippen molar-refractivity contribution in [2.75, 3.05) is 6.54 Å². The molecule has 0 spiro atoms. The van der Waals surface area contributed by atoms with Crippen LogP contribution in [0.15, 0.2) is 29.4 Å². The standard InChI is InChI=1S/C12H15FN4S/c1-9-15-16-12(17(9)7-6-14)18-8-10-4-2-3-5-11(10)13/h2-5H,6-8,14H2,1H3. The van der Waals surface area contributed by atoms with Gasteiger partial charge in [-0.15, -0.1) is 10.2 Å². The fraction of sp³-hybridized carbons (Fsp3) is 0.333. The highest BCUT2D eigenvalue weighted by Gasteiger charge is 2.10. The third kappa shape index (κ3) is 2.88. The van der Waals surface area contributed by atoms with Crippen LogP contribution in [-0.4, -0.2) is 21.3 Å². The SMILES string of the molecule is Cc1nnc(SCc2ccccc2F)n1CCN. The summed E-state index contributed by atoms with van der Waals surface area (Å²) in [6.07, 6.45) is 0. The Morgan fingerprint density at radius 3 is 2.83 bits per heavy atom. The molecule has 2 rings (SSSR count). The van der Waals surface area contributed by atoms with Gasteiger partial charge in [-0.2, -0.15) is 0 Å². The Morgan fingerprint density at radius 1 is 1.33 bits per heavy atom. The number of aryl methyl sites for hydroxylation is 1. The van der Waals surface area contributed by atoms with Crippen LogP contribution in [0.2, 0.25) is 0 Å². The molecule has 2 N–H and O–H groups in total. The maximum Gasteiger partial charge on any atom is 0.191 e. The first kappa shape index (κ1) is 13.0. The lowest BCUT2D eigenvalue weighted by Gasteiger charge is -2.06. The van der Waals surface area contributed by atoms with Crippen LogP contribution in [0.5, 0.6) is 0 Å². The Bertz CT molecular complexity index is 527.